The lowest BCUT2D eigenvalue weighted by molar-refractivity contribution is 0.215. The second-order valence-electron chi connectivity index (χ2n) is 6.65. The van der Waals surface area contributed by atoms with Crippen molar-refractivity contribution in [1.82, 2.24) is 0 Å². The minimum absolute atomic E-state index is 0.128. The zero-order chi connectivity index (χ0) is 15.1. The zero-order valence-electron chi connectivity index (χ0n) is 13.4. The lowest BCUT2D eigenvalue weighted by Crippen LogP contribution is -2.43. The van der Waals surface area contributed by atoms with Crippen LogP contribution >= 0.6 is 0 Å². The van der Waals surface area contributed by atoms with Crippen molar-refractivity contribution < 1.29 is 4.43 Å². The third kappa shape index (κ3) is 6.80. The Bertz CT molecular complexity index is 341. The van der Waals surface area contributed by atoms with E-state index in [-0.39, 0.29) is 11.1 Å². The van der Waals surface area contributed by atoms with Gasteiger partial charge < -0.3 is 4.43 Å². The first kappa shape index (κ1) is 18.2. The van der Waals surface area contributed by atoms with E-state index in [4.69, 9.17) is 10.8 Å². The second-order valence-corrected chi connectivity index (χ2v) is 11.4. The Hall–Kier alpha value is -0.783. The molecule has 0 aliphatic carbocycles. The monoisotopic (exact) mass is 278 g/mol. The topological polar surface area (TPSA) is 9.23 Å². The molecule has 0 aliphatic heterocycles. The fourth-order valence-corrected chi connectivity index (χ4v) is 2.82. The average molecular weight is 279 g/mol. The van der Waals surface area contributed by atoms with Gasteiger partial charge in [0.25, 0.3) is 0 Å². The molecule has 1 atom stereocenters. The van der Waals surface area contributed by atoms with Gasteiger partial charge in [-0.15, -0.1) is 18.9 Å². The van der Waals surface area contributed by atoms with E-state index in [9.17, 15) is 0 Å². The van der Waals surface area contributed by atoms with Crippen LogP contribution in [-0.4, -0.2) is 14.4 Å². The van der Waals surface area contributed by atoms with Crippen LogP contribution in [0.1, 0.15) is 46.5 Å². The first-order chi connectivity index (χ1) is 8.64. The summed E-state index contributed by atoms with van der Waals surface area (Å²) >= 11 is 0. The largest absolute Gasteiger partial charge is 0.411 e. The lowest BCUT2D eigenvalue weighted by Gasteiger charge is -2.38. The Morgan fingerprint density at radius 2 is 1.95 bits per heavy atom. The molecule has 0 aromatic heterocycles. The smallest absolute Gasteiger partial charge is 0.192 e. The minimum atomic E-state index is -1.72. The molecule has 0 aromatic carbocycles. The first-order valence-electron chi connectivity index (χ1n) is 7.04. The van der Waals surface area contributed by atoms with Crippen molar-refractivity contribution in [3.05, 3.63) is 24.8 Å². The Morgan fingerprint density at radius 1 is 1.37 bits per heavy atom. The molecular weight excluding hydrogens is 248 g/mol. The van der Waals surface area contributed by atoms with Crippen molar-refractivity contribution in [2.24, 2.45) is 0 Å². The molecule has 0 fully saturated rings. The first-order valence-corrected chi connectivity index (χ1v) is 9.95. The van der Waals surface area contributed by atoms with Crippen LogP contribution in [0.2, 0.25) is 18.1 Å². The normalized spacial score (nSPS) is 13.7. The maximum Gasteiger partial charge on any atom is 0.192 e. The number of allylic oxidation sites excluding steroid dienone is 1. The van der Waals surface area contributed by atoms with Gasteiger partial charge in [0.15, 0.2) is 8.32 Å². The third-order valence-corrected chi connectivity index (χ3v) is 8.42. The third-order valence-electron chi connectivity index (χ3n) is 3.92. The predicted octanol–water partition coefficient (Wildman–Crippen LogP) is 5.31. The van der Waals surface area contributed by atoms with E-state index in [1.807, 2.05) is 6.08 Å². The fourth-order valence-electron chi connectivity index (χ4n) is 1.50. The van der Waals surface area contributed by atoms with Gasteiger partial charge >= 0.3 is 0 Å². The second kappa shape index (κ2) is 7.72. The van der Waals surface area contributed by atoms with Gasteiger partial charge in [-0.05, 0) is 37.4 Å². The van der Waals surface area contributed by atoms with E-state index in [1.165, 1.54) is 5.57 Å². The van der Waals surface area contributed by atoms with Gasteiger partial charge in [0.2, 0.25) is 0 Å². The van der Waals surface area contributed by atoms with Gasteiger partial charge in [0.05, 0.1) is 6.10 Å². The van der Waals surface area contributed by atoms with Crippen LogP contribution in [0.4, 0.5) is 0 Å². The molecule has 0 N–H and O–H groups in total. The fraction of sp³-hybridized carbons (Fsp3) is 0.647. The number of hydrogen-bond donors (Lipinski definition) is 0. The molecule has 0 saturated carbocycles. The SMILES string of the molecule is C#CCCC(=C)CCC(C=C)O[Si](C)(C)C(C)(C)C. The Balaban J connectivity index is 4.35. The maximum atomic E-state index is 6.35. The molecule has 0 aliphatic rings. The van der Waals surface area contributed by atoms with Crippen LogP contribution in [0.3, 0.4) is 0 Å². The highest BCUT2D eigenvalue weighted by Gasteiger charge is 2.38. The summed E-state index contributed by atoms with van der Waals surface area (Å²) in [4.78, 5) is 0. The molecule has 1 nitrogen and oxygen atoms in total. The molecule has 0 bridgehead atoms. The molecular formula is C17H30OSi. The standard InChI is InChI=1S/C17H30OSi/c1-9-11-12-15(3)13-14-16(10-2)18-19(7,8)17(4,5)6/h1,10,16H,2-3,11-14H2,4-8H3. The molecule has 0 heterocycles. The summed E-state index contributed by atoms with van der Waals surface area (Å²) < 4.78 is 6.35. The van der Waals surface area contributed by atoms with E-state index < -0.39 is 8.32 Å². The van der Waals surface area contributed by atoms with Gasteiger partial charge in [0.1, 0.15) is 0 Å². The summed E-state index contributed by atoms with van der Waals surface area (Å²) in [5.74, 6) is 2.65. The number of hydrogen-bond acceptors (Lipinski definition) is 1. The van der Waals surface area contributed by atoms with Gasteiger partial charge in [-0.1, -0.05) is 39.0 Å². The Labute approximate surface area is 121 Å². The zero-order valence-corrected chi connectivity index (χ0v) is 14.4. The summed E-state index contributed by atoms with van der Waals surface area (Å²) in [7, 11) is -1.72. The summed E-state index contributed by atoms with van der Waals surface area (Å²) in [6, 6.07) is 0. The lowest BCUT2D eigenvalue weighted by atomic mass is 10.0. The quantitative estimate of drug-likeness (QED) is 0.332. The van der Waals surface area contributed by atoms with Gasteiger partial charge in [-0.2, -0.15) is 0 Å². The molecule has 2 heteroatoms. The average Bonchev–Trinajstić information content (AvgIpc) is 2.30. The van der Waals surface area contributed by atoms with Crippen molar-refractivity contribution in [3.8, 4) is 12.3 Å². The molecule has 0 aromatic rings. The van der Waals surface area contributed by atoms with Gasteiger partial charge in [-0.25, -0.2) is 0 Å². The van der Waals surface area contributed by atoms with Crippen molar-refractivity contribution >= 4 is 8.32 Å². The summed E-state index contributed by atoms with van der Waals surface area (Å²) in [5.41, 5.74) is 1.21. The van der Waals surface area contributed by atoms with Crippen molar-refractivity contribution in [1.29, 1.82) is 0 Å². The highest BCUT2D eigenvalue weighted by molar-refractivity contribution is 6.74. The highest BCUT2D eigenvalue weighted by Crippen LogP contribution is 2.37. The number of rotatable bonds is 8. The molecule has 0 radical (unpaired) electrons. The van der Waals surface area contributed by atoms with Crippen molar-refractivity contribution in [3.63, 3.8) is 0 Å². The van der Waals surface area contributed by atoms with E-state index >= 15 is 0 Å². The maximum absolute atomic E-state index is 6.35. The van der Waals surface area contributed by atoms with E-state index in [2.05, 4.69) is 52.9 Å². The highest BCUT2D eigenvalue weighted by atomic mass is 28.4. The summed E-state index contributed by atoms with van der Waals surface area (Å²) in [6.07, 6.45) is 10.9. The van der Waals surface area contributed by atoms with Gasteiger partial charge in [-0.3, -0.25) is 0 Å². The molecule has 108 valence electrons. The minimum Gasteiger partial charge on any atom is -0.411 e. The summed E-state index contributed by atoms with van der Waals surface area (Å²) in [5, 5.41) is 0.231. The van der Waals surface area contributed by atoms with Crippen molar-refractivity contribution in [2.75, 3.05) is 0 Å². The molecule has 0 spiro atoms. The predicted molar refractivity (Wildman–Crippen MR) is 88.7 cm³/mol. The van der Waals surface area contributed by atoms with Crippen molar-refractivity contribution in [2.45, 2.75) is 70.7 Å². The summed E-state index contributed by atoms with van der Waals surface area (Å²) in [6.45, 7) is 19.3. The molecule has 0 saturated heterocycles. The molecule has 19 heavy (non-hydrogen) atoms. The van der Waals surface area contributed by atoms with Gasteiger partial charge in [0, 0.05) is 6.42 Å². The molecule has 1 unspecified atom stereocenters. The Kier molecular flexibility index (Phi) is 7.40. The van der Waals surface area contributed by atoms with Crippen LogP contribution in [0.15, 0.2) is 24.8 Å². The van der Waals surface area contributed by atoms with Crippen LogP contribution in [-0.2, 0) is 4.43 Å². The van der Waals surface area contributed by atoms with E-state index in [0.29, 0.717) is 0 Å². The van der Waals surface area contributed by atoms with E-state index in [1.54, 1.807) is 0 Å². The van der Waals surface area contributed by atoms with E-state index in [0.717, 1.165) is 25.7 Å². The van der Waals surface area contributed by atoms with Crippen LogP contribution < -0.4 is 0 Å². The van der Waals surface area contributed by atoms with Crippen LogP contribution in [0.25, 0.3) is 0 Å². The molecule has 0 rings (SSSR count). The Morgan fingerprint density at radius 3 is 2.37 bits per heavy atom. The number of terminal acetylenes is 1. The van der Waals surface area contributed by atoms with Crippen LogP contribution in [0.5, 0.6) is 0 Å². The van der Waals surface area contributed by atoms with Crippen LogP contribution in [0, 0.1) is 12.3 Å². The molecule has 0 amide bonds.